The van der Waals surface area contributed by atoms with Crippen LogP contribution >= 0.6 is 0 Å². The third-order valence-corrected chi connectivity index (χ3v) is 3.20. The van der Waals surface area contributed by atoms with Gasteiger partial charge in [-0.1, -0.05) is 6.07 Å². The lowest BCUT2D eigenvalue weighted by atomic mass is 10.1. The second kappa shape index (κ2) is 6.89. The number of hydrogen-bond donors (Lipinski definition) is 0. The minimum absolute atomic E-state index is 0.105. The van der Waals surface area contributed by atoms with Crippen LogP contribution in [0.15, 0.2) is 36.5 Å². The van der Waals surface area contributed by atoms with Gasteiger partial charge in [-0.3, -0.25) is 4.79 Å². The molecule has 0 saturated heterocycles. The quantitative estimate of drug-likeness (QED) is 0.851. The number of aromatic nitrogens is 1. The van der Waals surface area contributed by atoms with Crippen LogP contribution in [0.1, 0.15) is 15.9 Å². The second-order valence-corrected chi connectivity index (χ2v) is 4.68. The van der Waals surface area contributed by atoms with Gasteiger partial charge in [-0.25, -0.2) is 9.37 Å². The van der Waals surface area contributed by atoms with Gasteiger partial charge in [0.25, 0.3) is 5.91 Å². The van der Waals surface area contributed by atoms with Crippen molar-refractivity contribution in [3.8, 4) is 11.6 Å². The molecule has 1 aromatic carbocycles. The molecule has 0 N–H and O–H groups in total. The monoisotopic (exact) mass is 304 g/mol. The normalized spacial score (nSPS) is 10.2. The number of hydrogen-bond acceptors (Lipinski definition) is 4. The van der Waals surface area contributed by atoms with Crippen LogP contribution < -0.4 is 9.47 Å². The Morgan fingerprint density at radius 1 is 1.27 bits per heavy atom. The van der Waals surface area contributed by atoms with Crippen molar-refractivity contribution in [1.29, 1.82) is 0 Å². The number of nitrogens with zero attached hydrogens (tertiary/aromatic N) is 2. The van der Waals surface area contributed by atoms with Crippen LogP contribution in [0.4, 0.5) is 4.39 Å². The van der Waals surface area contributed by atoms with E-state index < -0.39 is 5.82 Å². The zero-order chi connectivity index (χ0) is 16.1. The van der Waals surface area contributed by atoms with Crippen LogP contribution in [0.25, 0.3) is 0 Å². The number of amides is 1. The smallest absolute Gasteiger partial charge is 0.254 e. The third-order valence-electron chi connectivity index (χ3n) is 3.20. The van der Waals surface area contributed by atoms with E-state index in [0.29, 0.717) is 12.4 Å². The van der Waals surface area contributed by atoms with E-state index in [2.05, 4.69) is 4.98 Å². The fraction of sp³-hybridized carbons (Fsp3) is 0.250. The van der Waals surface area contributed by atoms with Crippen LogP contribution in [-0.2, 0) is 6.54 Å². The molecule has 0 aliphatic heterocycles. The van der Waals surface area contributed by atoms with Gasteiger partial charge in [0, 0.05) is 24.4 Å². The highest BCUT2D eigenvalue weighted by molar-refractivity contribution is 5.94. The summed E-state index contributed by atoms with van der Waals surface area (Å²) in [6.45, 7) is 0.309. The van der Waals surface area contributed by atoms with Gasteiger partial charge < -0.3 is 14.4 Å². The van der Waals surface area contributed by atoms with Crippen LogP contribution in [0.3, 0.4) is 0 Å². The van der Waals surface area contributed by atoms with Gasteiger partial charge in [-0.2, -0.15) is 0 Å². The second-order valence-electron chi connectivity index (χ2n) is 4.68. The highest BCUT2D eigenvalue weighted by Crippen LogP contribution is 2.20. The molecular formula is C16H17FN2O3. The van der Waals surface area contributed by atoms with Crippen molar-refractivity contribution in [3.63, 3.8) is 0 Å². The first-order valence-electron chi connectivity index (χ1n) is 6.63. The summed E-state index contributed by atoms with van der Waals surface area (Å²) >= 11 is 0. The molecule has 6 heteroatoms. The van der Waals surface area contributed by atoms with E-state index in [1.165, 1.54) is 31.3 Å². The molecule has 2 rings (SSSR count). The average molecular weight is 304 g/mol. The van der Waals surface area contributed by atoms with E-state index in [9.17, 15) is 9.18 Å². The number of halogens is 1. The van der Waals surface area contributed by atoms with Crippen molar-refractivity contribution in [1.82, 2.24) is 9.88 Å². The minimum atomic E-state index is -0.569. The predicted molar refractivity (Wildman–Crippen MR) is 79.5 cm³/mol. The molecule has 2 aromatic rings. The molecule has 0 aliphatic carbocycles. The topological polar surface area (TPSA) is 51.7 Å². The number of carbonyl (C=O) groups excluding carboxylic acids is 1. The van der Waals surface area contributed by atoms with E-state index in [1.54, 1.807) is 19.3 Å². The molecule has 0 unspecified atom stereocenters. The van der Waals surface area contributed by atoms with Gasteiger partial charge in [0.15, 0.2) is 11.6 Å². The Hall–Kier alpha value is -2.63. The standard InChI is InChI=1S/C16H17FN2O3/c1-19(10-12-5-4-8-18-15(12)22-3)16(20)11-6-7-14(21-2)13(17)9-11/h4-9H,10H2,1-3H3. The summed E-state index contributed by atoms with van der Waals surface area (Å²) < 4.78 is 23.7. The number of ether oxygens (including phenoxy) is 2. The summed E-state index contributed by atoms with van der Waals surface area (Å²) in [6.07, 6.45) is 1.61. The zero-order valence-corrected chi connectivity index (χ0v) is 12.7. The lowest BCUT2D eigenvalue weighted by Crippen LogP contribution is -2.26. The van der Waals surface area contributed by atoms with Crippen LogP contribution in [0.2, 0.25) is 0 Å². The van der Waals surface area contributed by atoms with Crippen LogP contribution in [0.5, 0.6) is 11.6 Å². The van der Waals surface area contributed by atoms with Crippen LogP contribution in [-0.4, -0.2) is 37.1 Å². The molecule has 0 bridgehead atoms. The molecule has 1 heterocycles. The van der Waals surface area contributed by atoms with Gasteiger partial charge in [-0.05, 0) is 24.3 Å². The first-order chi connectivity index (χ1) is 10.6. The van der Waals surface area contributed by atoms with Crippen molar-refractivity contribution in [3.05, 3.63) is 53.5 Å². The first kappa shape index (κ1) is 15.8. The molecule has 0 atom stereocenters. The highest BCUT2D eigenvalue weighted by atomic mass is 19.1. The molecule has 22 heavy (non-hydrogen) atoms. The number of carbonyl (C=O) groups is 1. The summed E-state index contributed by atoms with van der Waals surface area (Å²) in [5.74, 6) is -0.302. The minimum Gasteiger partial charge on any atom is -0.494 e. The van der Waals surface area contributed by atoms with E-state index in [-0.39, 0.29) is 17.2 Å². The zero-order valence-electron chi connectivity index (χ0n) is 12.7. The molecule has 0 spiro atoms. The SMILES string of the molecule is COc1ccc(C(=O)N(C)Cc2cccnc2OC)cc1F. The maximum atomic E-state index is 13.7. The number of pyridine rings is 1. The highest BCUT2D eigenvalue weighted by Gasteiger charge is 2.16. The first-order valence-corrected chi connectivity index (χ1v) is 6.63. The predicted octanol–water partition coefficient (Wildman–Crippen LogP) is 2.51. The summed E-state index contributed by atoms with van der Waals surface area (Å²) in [4.78, 5) is 17.9. The molecular weight excluding hydrogens is 287 g/mol. The molecule has 1 amide bonds. The van der Waals surface area contributed by atoms with Gasteiger partial charge >= 0.3 is 0 Å². The number of benzene rings is 1. The van der Waals surface area contributed by atoms with Crippen molar-refractivity contribution in [2.45, 2.75) is 6.54 Å². The fourth-order valence-corrected chi connectivity index (χ4v) is 2.08. The van der Waals surface area contributed by atoms with Crippen molar-refractivity contribution < 1.29 is 18.7 Å². The Kier molecular flexibility index (Phi) is 4.93. The summed E-state index contributed by atoms with van der Waals surface area (Å²) in [7, 11) is 4.53. The molecule has 1 aromatic heterocycles. The Balaban J connectivity index is 2.17. The lowest BCUT2D eigenvalue weighted by Gasteiger charge is -2.18. The average Bonchev–Trinajstić information content (AvgIpc) is 2.54. The third kappa shape index (κ3) is 3.33. The maximum Gasteiger partial charge on any atom is 0.254 e. The van der Waals surface area contributed by atoms with Gasteiger partial charge in [0.1, 0.15) is 0 Å². The summed E-state index contributed by atoms with van der Waals surface area (Å²) in [5.41, 5.74) is 1.03. The van der Waals surface area contributed by atoms with Gasteiger partial charge in [0.2, 0.25) is 5.88 Å². The Labute approximate surface area is 128 Å². The Morgan fingerprint density at radius 2 is 2.05 bits per heavy atom. The number of methoxy groups -OCH3 is 2. The summed E-state index contributed by atoms with van der Waals surface area (Å²) in [6, 6.07) is 7.72. The molecule has 116 valence electrons. The Morgan fingerprint density at radius 3 is 2.68 bits per heavy atom. The van der Waals surface area contributed by atoms with Crippen molar-refractivity contribution in [2.24, 2.45) is 0 Å². The van der Waals surface area contributed by atoms with Gasteiger partial charge in [0.05, 0.1) is 20.8 Å². The van der Waals surface area contributed by atoms with Crippen LogP contribution in [0, 0.1) is 5.82 Å². The van der Waals surface area contributed by atoms with E-state index in [4.69, 9.17) is 9.47 Å². The lowest BCUT2D eigenvalue weighted by molar-refractivity contribution is 0.0783. The fourth-order valence-electron chi connectivity index (χ4n) is 2.08. The molecule has 0 aliphatic rings. The molecule has 0 saturated carbocycles. The van der Waals surface area contributed by atoms with Crippen molar-refractivity contribution >= 4 is 5.91 Å². The largest absolute Gasteiger partial charge is 0.494 e. The summed E-state index contributed by atoms with van der Waals surface area (Å²) in [5, 5.41) is 0. The van der Waals surface area contributed by atoms with E-state index in [1.807, 2.05) is 6.07 Å². The molecule has 0 radical (unpaired) electrons. The molecule has 0 fully saturated rings. The molecule has 5 nitrogen and oxygen atoms in total. The van der Waals surface area contributed by atoms with E-state index >= 15 is 0 Å². The number of rotatable bonds is 5. The van der Waals surface area contributed by atoms with Gasteiger partial charge in [-0.15, -0.1) is 0 Å². The van der Waals surface area contributed by atoms with E-state index in [0.717, 1.165) is 11.6 Å². The maximum absolute atomic E-state index is 13.7. The van der Waals surface area contributed by atoms with Crippen molar-refractivity contribution in [2.75, 3.05) is 21.3 Å². The Bertz CT molecular complexity index is 676.